The second-order valence-corrected chi connectivity index (χ2v) is 6.83. The molecule has 0 atom stereocenters. The van der Waals surface area contributed by atoms with Gasteiger partial charge in [0.25, 0.3) is 0 Å². The van der Waals surface area contributed by atoms with Crippen molar-refractivity contribution in [3.8, 4) is 0 Å². The Labute approximate surface area is 135 Å². The highest BCUT2D eigenvalue weighted by Crippen LogP contribution is 1.98. The largest absolute Gasteiger partial charge is 0.382 e. The van der Waals surface area contributed by atoms with Crippen LogP contribution in [-0.2, 0) is 14.8 Å². The van der Waals surface area contributed by atoms with Gasteiger partial charge in [0.05, 0.1) is 6.26 Å². The van der Waals surface area contributed by atoms with Crippen molar-refractivity contribution in [1.29, 1.82) is 0 Å². The first-order chi connectivity index (χ1) is 10.5. The predicted octanol–water partition coefficient (Wildman–Crippen LogP) is 0.640. The highest BCUT2D eigenvalue weighted by atomic mass is 32.2. The molecule has 132 valence electrons. The maximum absolute atomic E-state index is 11.5. The van der Waals surface area contributed by atoms with E-state index in [4.69, 9.17) is 4.74 Å². The zero-order valence-electron chi connectivity index (χ0n) is 14.4. The number of hydrogen-bond donors (Lipinski definition) is 2. The van der Waals surface area contributed by atoms with Crippen LogP contribution in [0.5, 0.6) is 0 Å². The van der Waals surface area contributed by atoms with Gasteiger partial charge in [-0.3, -0.25) is 4.99 Å². The minimum absolute atomic E-state index is 0.504. The minimum atomic E-state index is -3.10. The second-order valence-electron chi connectivity index (χ2n) is 4.85. The maximum Gasteiger partial charge on any atom is 0.211 e. The third-order valence-electron chi connectivity index (χ3n) is 2.96. The molecule has 22 heavy (non-hydrogen) atoms. The summed E-state index contributed by atoms with van der Waals surface area (Å²) in [4.78, 5) is 4.45. The van der Waals surface area contributed by atoms with Crippen LogP contribution < -0.4 is 10.6 Å². The summed E-state index contributed by atoms with van der Waals surface area (Å²) in [5, 5.41) is 6.39. The Morgan fingerprint density at radius 3 is 2.45 bits per heavy atom. The Kier molecular flexibility index (Phi) is 12.2. The molecule has 0 radical (unpaired) electrons. The van der Waals surface area contributed by atoms with Crippen LogP contribution in [0.15, 0.2) is 4.99 Å². The summed E-state index contributed by atoms with van der Waals surface area (Å²) in [5.74, 6) is 0.765. The van der Waals surface area contributed by atoms with Gasteiger partial charge in [0.1, 0.15) is 0 Å². The summed E-state index contributed by atoms with van der Waals surface area (Å²) in [6.45, 7) is 10.5. The number of rotatable bonds is 12. The van der Waals surface area contributed by atoms with Crippen molar-refractivity contribution in [1.82, 2.24) is 14.9 Å². The fourth-order valence-corrected chi connectivity index (χ4v) is 2.79. The zero-order chi connectivity index (χ0) is 16.8. The number of hydrogen-bond acceptors (Lipinski definition) is 4. The molecule has 0 saturated carbocycles. The van der Waals surface area contributed by atoms with Crippen LogP contribution in [0.1, 0.15) is 33.6 Å². The van der Waals surface area contributed by atoms with Crippen LogP contribution in [0, 0.1) is 0 Å². The van der Waals surface area contributed by atoms with Crippen LogP contribution >= 0.6 is 0 Å². The molecule has 0 aromatic carbocycles. The van der Waals surface area contributed by atoms with E-state index in [1.165, 1.54) is 10.6 Å². The van der Waals surface area contributed by atoms with E-state index in [9.17, 15) is 8.42 Å². The number of guanidine groups is 1. The molecular weight excluding hydrogens is 304 g/mol. The fraction of sp³-hybridized carbons (Fsp3) is 0.929. The first-order valence-electron chi connectivity index (χ1n) is 8.00. The lowest BCUT2D eigenvalue weighted by molar-refractivity contribution is 0.146. The highest BCUT2D eigenvalue weighted by Gasteiger charge is 2.13. The standard InChI is InChI=1S/C14H32N4O3S/c1-5-15-14(17-11-9-13-21-7-3)16-10-8-12-18(6-2)22(4,19)20/h5-13H2,1-4H3,(H2,15,16,17). The number of ether oxygens (including phenoxy) is 1. The molecule has 2 N–H and O–H groups in total. The van der Waals surface area contributed by atoms with Gasteiger partial charge in [-0.15, -0.1) is 0 Å². The van der Waals surface area contributed by atoms with Crippen molar-refractivity contribution in [2.45, 2.75) is 33.6 Å². The van der Waals surface area contributed by atoms with Gasteiger partial charge in [0, 0.05) is 45.9 Å². The third kappa shape index (κ3) is 10.8. The van der Waals surface area contributed by atoms with E-state index in [1.807, 2.05) is 20.8 Å². The molecule has 0 aliphatic carbocycles. The molecule has 0 aliphatic heterocycles. The average molecular weight is 337 g/mol. The highest BCUT2D eigenvalue weighted by molar-refractivity contribution is 7.88. The van der Waals surface area contributed by atoms with Gasteiger partial charge in [-0.2, -0.15) is 0 Å². The molecule has 0 amide bonds. The smallest absolute Gasteiger partial charge is 0.211 e. The average Bonchev–Trinajstić information content (AvgIpc) is 2.45. The van der Waals surface area contributed by atoms with Crippen molar-refractivity contribution >= 4 is 16.0 Å². The van der Waals surface area contributed by atoms with Gasteiger partial charge in [-0.1, -0.05) is 6.92 Å². The topological polar surface area (TPSA) is 83.0 Å². The van der Waals surface area contributed by atoms with Crippen molar-refractivity contribution in [2.75, 3.05) is 52.2 Å². The molecule has 0 bridgehead atoms. The molecule has 0 spiro atoms. The number of nitrogens with zero attached hydrogens (tertiary/aromatic N) is 2. The Hall–Kier alpha value is -0.860. The number of sulfonamides is 1. The first kappa shape index (κ1) is 21.1. The van der Waals surface area contributed by atoms with Crippen LogP contribution in [0.2, 0.25) is 0 Å². The normalized spacial score (nSPS) is 12.7. The molecule has 0 saturated heterocycles. The van der Waals surface area contributed by atoms with Crippen LogP contribution in [0.4, 0.5) is 0 Å². The quantitative estimate of drug-likeness (QED) is 0.310. The lowest BCUT2D eigenvalue weighted by atomic mass is 10.4. The lowest BCUT2D eigenvalue weighted by Gasteiger charge is -2.18. The predicted molar refractivity (Wildman–Crippen MR) is 91.8 cm³/mol. The van der Waals surface area contributed by atoms with E-state index in [0.29, 0.717) is 26.2 Å². The maximum atomic E-state index is 11.5. The van der Waals surface area contributed by atoms with Gasteiger partial charge >= 0.3 is 0 Å². The molecule has 8 heteroatoms. The van der Waals surface area contributed by atoms with Gasteiger partial charge in [-0.05, 0) is 26.7 Å². The van der Waals surface area contributed by atoms with Crippen molar-refractivity contribution < 1.29 is 13.2 Å². The lowest BCUT2D eigenvalue weighted by Crippen LogP contribution is -2.39. The zero-order valence-corrected chi connectivity index (χ0v) is 15.2. The van der Waals surface area contributed by atoms with E-state index in [-0.39, 0.29) is 0 Å². The van der Waals surface area contributed by atoms with E-state index >= 15 is 0 Å². The van der Waals surface area contributed by atoms with Crippen LogP contribution in [0.3, 0.4) is 0 Å². The number of aliphatic imine (C=N–C) groups is 1. The van der Waals surface area contributed by atoms with Crippen molar-refractivity contribution in [3.05, 3.63) is 0 Å². The summed E-state index contributed by atoms with van der Waals surface area (Å²) in [7, 11) is -3.10. The van der Waals surface area contributed by atoms with Crippen molar-refractivity contribution in [3.63, 3.8) is 0 Å². The molecule has 0 heterocycles. The third-order valence-corrected chi connectivity index (χ3v) is 4.34. The van der Waals surface area contributed by atoms with E-state index in [1.54, 1.807) is 0 Å². The Morgan fingerprint density at radius 1 is 1.18 bits per heavy atom. The number of nitrogens with one attached hydrogen (secondary N) is 2. The van der Waals surface area contributed by atoms with Crippen LogP contribution in [0.25, 0.3) is 0 Å². The summed E-state index contributed by atoms with van der Waals surface area (Å²) in [5.41, 5.74) is 0. The summed E-state index contributed by atoms with van der Waals surface area (Å²) >= 11 is 0. The minimum Gasteiger partial charge on any atom is -0.382 e. The van der Waals surface area contributed by atoms with E-state index in [0.717, 1.165) is 38.6 Å². The Balaban J connectivity index is 4.06. The summed E-state index contributed by atoms with van der Waals surface area (Å²) in [6, 6.07) is 0. The van der Waals surface area contributed by atoms with Gasteiger partial charge in [0.15, 0.2) is 5.96 Å². The second kappa shape index (κ2) is 12.7. The molecule has 0 rings (SSSR count). The Bertz CT molecular complexity index is 399. The van der Waals surface area contributed by atoms with Gasteiger partial charge in [0.2, 0.25) is 10.0 Å². The molecule has 0 fully saturated rings. The summed E-state index contributed by atoms with van der Waals surface area (Å²) in [6.07, 6.45) is 2.88. The Morgan fingerprint density at radius 2 is 1.91 bits per heavy atom. The summed E-state index contributed by atoms with van der Waals surface area (Å²) < 4.78 is 29.7. The fourth-order valence-electron chi connectivity index (χ4n) is 1.86. The van der Waals surface area contributed by atoms with Crippen LogP contribution in [-0.4, -0.2) is 70.9 Å². The first-order valence-corrected chi connectivity index (χ1v) is 9.85. The molecule has 0 aromatic rings. The van der Waals surface area contributed by atoms with Gasteiger partial charge in [-0.25, -0.2) is 12.7 Å². The van der Waals surface area contributed by atoms with Crippen molar-refractivity contribution in [2.24, 2.45) is 4.99 Å². The molecule has 0 aromatic heterocycles. The van der Waals surface area contributed by atoms with E-state index in [2.05, 4.69) is 15.6 Å². The molecule has 0 aliphatic rings. The van der Waals surface area contributed by atoms with E-state index < -0.39 is 10.0 Å². The molecular formula is C14H32N4O3S. The molecule has 7 nitrogen and oxygen atoms in total. The monoisotopic (exact) mass is 336 g/mol. The van der Waals surface area contributed by atoms with Gasteiger partial charge < -0.3 is 15.4 Å². The molecule has 0 unspecified atom stereocenters. The SMILES string of the molecule is CCNC(=NCCCOCC)NCCCN(CC)S(C)(=O)=O.